The summed E-state index contributed by atoms with van der Waals surface area (Å²) >= 11 is 0. The van der Waals surface area contributed by atoms with Crippen molar-refractivity contribution in [2.45, 2.75) is 52.6 Å². The van der Waals surface area contributed by atoms with E-state index in [9.17, 15) is 4.79 Å². The Bertz CT molecular complexity index is 271. The first-order valence-corrected chi connectivity index (χ1v) is 7.09. The van der Waals surface area contributed by atoms with Crippen LogP contribution in [0.5, 0.6) is 0 Å². The summed E-state index contributed by atoms with van der Waals surface area (Å²) in [5, 5.41) is 6.39. The minimum atomic E-state index is -0.285. The summed E-state index contributed by atoms with van der Waals surface area (Å²) in [6.45, 7) is 11.2. The average molecular weight is 256 g/mol. The molecule has 106 valence electrons. The highest BCUT2D eigenvalue weighted by molar-refractivity contribution is 5.82. The van der Waals surface area contributed by atoms with E-state index in [1.807, 2.05) is 20.8 Å². The van der Waals surface area contributed by atoms with Crippen LogP contribution in [0.2, 0.25) is 0 Å². The predicted octanol–water partition coefficient (Wildman–Crippen LogP) is 1.70. The van der Waals surface area contributed by atoms with E-state index in [2.05, 4.69) is 17.6 Å². The molecule has 1 saturated heterocycles. The van der Waals surface area contributed by atoms with Gasteiger partial charge in [0.2, 0.25) is 5.91 Å². The number of piperidine rings is 1. The van der Waals surface area contributed by atoms with Crippen LogP contribution in [-0.2, 0) is 9.53 Å². The third-order valence-corrected chi connectivity index (χ3v) is 3.93. The number of carbonyl (C=O) groups is 1. The van der Waals surface area contributed by atoms with Gasteiger partial charge in [0.25, 0.3) is 0 Å². The lowest BCUT2D eigenvalue weighted by Gasteiger charge is -2.36. The van der Waals surface area contributed by atoms with Gasteiger partial charge in [-0.3, -0.25) is 4.79 Å². The molecule has 18 heavy (non-hydrogen) atoms. The zero-order valence-corrected chi connectivity index (χ0v) is 12.3. The molecule has 0 atom stereocenters. The molecule has 1 heterocycles. The smallest absolute Gasteiger partial charge is 0.226 e. The fourth-order valence-corrected chi connectivity index (χ4v) is 2.57. The maximum absolute atomic E-state index is 12.4. The molecule has 0 aromatic heterocycles. The Morgan fingerprint density at radius 2 is 1.94 bits per heavy atom. The Hall–Kier alpha value is -0.610. The van der Waals surface area contributed by atoms with Crippen LogP contribution >= 0.6 is 0 Å². The number of carbonyl (C=O) groups excluding carboxylic acids is 1. The molecule has 0 aromatic carbocycles. The van der Waals surface area contributed by atoms with Crippen molar-refractivity contribution in [2.24, 2.45) is 5.41 Å². The lowest BCUT2D eigenvalue weighted by atomic mass is 9.76. The molecule has 0 spiro atoms. The molecule has 4 nitrogen and oxygen atoms in total. The molecule has 0 saturated carbocycles. The number of hydrogen-bond donors (Lipinski definition) is 2. The van der Waals surface area contributed by atoms with E-state index in [-0.39, 0.29) is 16.9 Å². The van der Waals surface area contributed by atoms with Gasteiger partial charge in [-0.2, -0.15) is 0 Å². The van der Waals surface area contributed by atoms with Crippen molar-refractivity contribution in [3.05, 3.63) is 0 Å². The molecule has 0 radical (unpaired) electrons. The minimum absolute atomic E-state index is 0.173. The molecule has 1 amide bonds. The van der Waals surface area contributed by atoms with Crippen molar-refractivity contribution in [1.29, 1.82) is 0 Å². The van der Waals surface area contributed by atoms with E-state index in [4.69, 9.17) is 4.74 Å². The molecule has 0 bridgehead atoms. The molecule has 1 aliphatic heterocycles. The molecule has 0 unspecified atom stereocenters. The lowest BCUT2D eigenvalue weighted by molar-refractivity contribution is -0.134. The topological polar surface area (TPSA) is 50.4 Å². The number of nitrogens with one attached hydrogen (secondary N) is 2. The van der Waals surface area contributed by atoms with Crippen molar-refractivity contribution >= 4 is 5.91 Å². The van der Waals surface area contributed by atoms with Crippen LogP contribution in [0.3, 0.4) is 0 Å². The first-order valence-electron chi connectivity index (χ1n) is 7.09. The molecule has 4 heteroatoms. The summed E-state index contributed by atoms with van der Waals surface area (Å²) < 4.78 is 5.61. The van der Waals surface area contributed by atoms with Crippen LogP contribution in [-0.4, -0.2) is 37.7 Å². The van der Waals surface area contributed by atoms with Crippen LogP contribution in [0.4, 0.5) is 0 Å². The van der Waals surface area contributed by atoms with Crippen molar-refractivity contribution in [1.82, 2.24) is 10.6 Å². The molecule has 1 aliphatic rings. The van der Waals surface area contributed by atoms with E-state index in [1.165, 1.54) is 0 Å². The Kier molecular flexibility index (Phi) is 5.60. The maximum Gasteiger partial charge on any atom is 0.226 e. The molecular formula is C14H28N2O2. The summed E-state index contributed by atoms with van der Waals surface area (Å²) in [6, 6.07) is 0. The van der Waals surface area contributed by atoms with Gasteiger partial charge in [-0.15, -0.1) is 0 Å². The second-order valence-electron chi connectivity index (χ2n) is 5.76. The zero-order valence-electron chi connectivity index (χ0n) is 12.3. The van der Waals surface area contributed by atoms with Crippen molar-refractivity contribution in [2.75, 3.05) is 26.2 Å². The average Bonchev–Trinajstić information content (AvgIpc) is 2.37. The van der Waals surface area contributed by atoms with Gasteiger partial charge in [0.1, 0.15) is 0 Å². The maximum atomic E-state index is 12.4. The minimum Gasteiger partial charge on any atom is -0.374 e. The lowest BCUT2D eigenvalue weighted by Crippen LogP contribution is -2.50. The number of rotatable bonds is 6. The Labute approximate surface area is 111 Å². The Morgan fingerprint density at radius 3 is 2.44 bits per heavy atom. The Morgan fingerprint density at radius 1 is 1.33 bits per heavy atom. The summed E-state index contributed by atoms with van der Waals surface area (Å²) in [6.07, 6.45) is 2.78. The summed E-state index contributed by atoms with van der Waals surface area (Å²) in [5.41, 5.74) is -0.459. The van der Waals surface area contributed by atoms with Gasteiger partial charge in [-0.25, -0.2) is 0 Å². The highest BCUT2D eigenvalue weighted by Gasteiger charge is 2.38. The van der Waals surface area contributed by atoms with Crippen LogP contribution < -0.4 is 10.6 Å². The zero-order chi connectivity index (χ0) is 13.6. The summed E-state index contributed by atoms with van der Waals surface area (Å²) in [7, 11) is 0. The van der Waals surface area contributed by atoms with Crippen LogP contribution in [0.25, 0.3) is 0 Å². The second-order valence-corrected chi connectivity index (χ2v) is 5.76. The van der Waals surface area contributed by atoms with Crippen molar-refractivity contribution in [3.8, 4) is 0 Å². The summed E-state index contributed by atoms with van der Waals surface area (Å²) in [5.74, 6) is 0.194. The van der Waals surface area contributed by atoms with E-state index in [1.54, 1.807) is 0 Å². The van der Waals surface area contributed by atoms with Crippen LogP contribution in [0.15, 0.2) is 0 Å². The van der Waals surface area contributed by atoms with Gasteiger partial charge < -0.3 is 15.4 Å². The monoisotopic (exact) mass is 256 g/mol. The van der Waals surface area contributed by atoms with Gasteiger partial charge in [0.05, 0.1) is 11.0 Å². The molecule has 0 aromatic rings. The van der Waals surface area contributed by atoms with Crippen molar-refractivity contribution < 1.29 is 9.53 Å². The first-order chi connectivity index (χ1) is 8.46. The van der Waals surface area contributed by atoms with E-state index in [0.29, 0.717) is 13.2 Å². The highest BCUT2D eigenvalue weighted by Crippen LogP contribution is 2.32. The van der Waals surface area contributed by atoms with E-state index < -0.39 is 0 Å². The van der Waals surface area contributed by atoms with Crippen molar-refractivity contribution in [3.63, 3.8) is 0 Å². The SMILES string of the molecule is CCOC(C)(C)CNC(=O)C1(CC)CCNCC1. The molecule has 1 rings (SSSR count). The van der Waals surface area contributed by atoms with Crippen LogP contribution in [0.1, 0.15) is 47.0 Å². The standard InChI is InChI=1S/C14H28N2O2/c1-5-14(7-9-15-10-8-14)12(17)16-11-13(3,4)18-6-2/h15H,5-11H2,1-4H3,(H,16,17). The second kappa shape index (κ2) is 6.53. The summed E-state index contributed by atoms with van der Waals surface area (Å²) in [4.78, 5) is 12.4. The molecule has 2 N–H and O–H groups in total. The molecule has 0 aliphatic carbocycles. The van der Waals surface area contributed by atoms with Gasteiger partial charge in [0, 0.05) is 13.2 Å². The third kappa shape index (κ3) is 3.95. The van der Waals surface area contributed by atoms with E-state index in [0.717, 1.165) is 32.4 Å². The van der Waals surface area contributed by atoms with Gasteiger partial charge in [-0.05, 0) is 53.1 Å². The van der Waals surface area contributed by atoms with Gasteiger partial charge in [0.15, 0.2) is 0 Å². The Balaban J connectivity index is 2.52. The van der Waals surface area contributed by atoms with Gasteiger partial charge in [-0.1, -0.05) is 6.92 Å². The van der Waals surface area contributed by atoms with Gasteiger partial charge >= 0.3 is 0 Å². The number of hydrogen-bond acceptors (Lipinski definition) is 3. The number of ether oxygens (including phenoxy) is 1. The number of amides is 1. The normalized spacial score (nSPS) is 19.6. The molecular weight excluding hydrogens is 228 g/mol. The largest absolute Gasteiger partial charge is 0.374 e. The molecule has 1 fully saturated rings. The van der Waals surface area contributed by atoms with E-state index >= 15 is 0 Å². The predicted molar refractivity (Wildman–Crippen MR) is 73.5 cm³/mol. The third-order valence-electron chi connectivity index (χ3n) is 3.93. The first kappa shape index (κ1) is 15.4. The highest BCUT2D eigenvalue weighted by atomic mass is 16.5. The fourth-order valence-electron chi connectivity index (χ4n) is 2.57. The van der Waals surface area contributed by atoms with Crippen LogP contribution in [0, 0.1) is 5.41 Å². The quantitative estimate of drug-likeness (QED) is 0.760. The fraction of sp³-hybridized carbons (Fsp3) is 0.929.